The summed E-state index contributed by atoms with van der Waals surface area (Å²) in [6, 6.07) is 1.77. The van der Waals surface area contributed by atoms with E-state index < -0.39 is 12.1 Å². The second-order valence-electron chi connectivity index (χ2n) is 3.67. The molecule has 16 heavy (non-hydrogen) atoms. The number of carbonyl (C=O) groups is 1. The third-order valence-corrected chi connectivity index (χ3v) is 2.74. The standard InChI is InChI=1S/C10H8N2O4/c13-6-3-5-4(1-2-11-5)9-7(6)8(10(14)15)12-16-9/h1-2,6,11,13H,3H2,(H,14,15). The Balaban J connectivity index is 2.27. The molecule has 3 N–H and O–H groups in total. The van der Waals surface area contributed by atoms with Crippen LogP contribution in [0, 0.1) is 0 Å². The van der Waals surface area contributed by atoms with E-state index in [1.807, 2.05) is 0 Å². The second-order valence-corrected chi connectivity index (χ2v) is 3.67. The Kier molecular flexibility index (Phi) is 1.69. The average Bonchev–Trinajstić information content (AvgIpc) is 2.80. The van der Waals surface area contributed by atoms with Crippen LogP contribution in [0.4, 0.5) is 0 Å². The lowest BCUT2D eigenvalue weighted by Crippen LogP contribution is -2.12. The van der Waals surface area contributed by atoms with Crippen molar-refractivity contribution in [3.8, 4) is 11.3 Å². The number of H-pyrrole nitrogens is 1. The molecule has 2 aromatic heterocycles. The molecule has 6 heteroatoms. The Morgan fingerprint density at radius 1 is 1.62 bits per heavy atom. The van der Waals surface area contributed by atoms with Crippen LogP contribution in [-0.4, -0.2) is 26.3 Å². The molecule has 2 aromatic rings. The molecule has 6 nitrogen and oxygen atoms in total. The number of aliphatic hydroxyl groups is 1. The predicted octanol–water partition coefficient (Wildman–Crippen LogP) is 0.957. The van der Waals surface area contributed by atoms with Crippen molar-refractivity contribution >= 4 is 5.97 Å². The summed E-state index contributed by atoms with van der Waals surface area (Å²) < 4.78 is 4.99. The molecular weight excluding hydrogens is 212 g/mol. The number of aromatic amines is 1. The molecule has 0 radical (unpaired) electrons. The number of nitrogens with zero attached hydrogens (tertiary/aromatic N) is 1. The second kappa shape index (κ2) is 2.96. The van der Waals surface area contributed by atoms with Gasteiger partial charge < -0.3 is 19.7 Å². The van der Waals surface area contributed by atoms with Gasteiger partial charge in [0.25, 0.3) is 0 Å². The van der Waals surface area contributed by atoms with Crippen molar-refractivity contribution < 1.29 is 19.5 Å². The Morgan fingerprint density at radius 2 is 2.44 bits per heavy atom. The number of carboxylic acid groups (broad SMARTS) is 1. The van der Waals surface area contributed by atoms with Crippen LogP contribution in [0.5, 0.6) is 0 Å². The van der Waals surface area contributed by atoms with Crippen LogP contribution >= 0.6 is 0 Å². The first-order valence-electron chi connectivity index (χ1n) is 4.76. The molecule has 1 atom stereocenters. The summed E-state index contributed by atoms with van der Waals surface area (Å²) in [6.07, 6.45) is 1.17. The molecule has 1 aliphatic rings. The first-order valence-corrected chi connectivity index (χ1v) is 4.76. The SMILES string of the molecule is O=C(O)c1noc2c1C(O)Cc1[nH]ccc1-2. The summed E-state index contributed by atoms with van der Waals surface area (Å²) in [6.45, 7) is 0. The van der Waals surface area contributed by atoms with Crippen molar-refractivity contribution in [2.45, 2.75) is 12.5 Å². The molecule has 0 bridgehead atoms. The highest BCUT2D eigenvalue weighted by Gasteiger charge is 2.33. The Hall–Kier alpha value is -2.08. The van der Waals surface area contributed by atoms with Gasteiger partial charge in [-0.2, -0.15) is 0 Å². The van der Waals surface area contributed by atoms with Gasteiger partial charge in [-0.25, -0.2) is 4.79 Å². The predicted molar refractivity (Wildman–Crippen MR) is 51.9 cm³/mol. The number of hydrogen-bond donors (Lipinski definition) is 3. The van der Waals surface area contributed by atoms with Gasteiger partial charge in [0.1, 0.15) is 0 Å². The molecule has 0 aromatic carbocycles. The fraction of sp³-hybridized carbons (Fsp3) is 0.200. The summed E-state index contributed by atoms with van der Waals surface area (Å²) in [4.78, 5) is 13.9. The summed E-state index contributed by atoms with van der Waals surface area (Å²) in [5.74, 6) is -0.851. The lowest BCUT2D eigenvalue weighted by atomic mass is 9.92. The molecule has 2 heterocycles. The zero-order valence-electron chi connectivity index (χ0n) is 8.10. The van der Waals surface area contributed by atoms with Gasteiger partial charge in [-0.05, 0) is 6.07 Å². The van der Waals surface area contributed by atoms with Crippen LogP contribution in [0.2, 0.25) is 0 Å². The number of carboxylic acids is 1. The molecule has 3 rings (SSSR count). The molecule has 1 aliphatic carbocycles. The third kappa shape index (κ3) is 1.04. The van der Waals surface area contributed by atoms with Gasteiger partial charge in [-0.15, -0.1) is 0 Å². The van der Waals surface area contributed by atoms with Crippen molar-refractivity contribution in [1.82, 2.24) is 10.1 Å². The van der Waals surface area contributed by atoms with Gasteiger partial charge in [0, 0.05) is 23.9 Å². The molecule has 82 valence electrons. The van der Waals surface area contributed by atoms with Gasteiger partial charge in [0.2, 0.25) is 0 Å². The third-order valence-electron chi connectivity index (χ3n) is 2.74. The molecule has 0 aliphatic heterocycles. The van der Waals surface area contributed by atoms with Crippen molar-refractivity contribution in [1.29, 1.82) is 0 Å². The monoisotopic (exact) mass is 220 g/mol. The van der Waals surface area contributed by atoms with Crippen LogP contribution in [-0.2, 0) is 6.42 Å². The zero-order chi connectivity index (χ0) is 11.3. The smallest absolute Gasteiger partial charge is 0.358 e. The topological polar surface area (TPSA) is 99.3 Å². The fourth-order valence-corrected chi connectivity index (χ4v) is 2.04. The first kappa shape index (κ1) is 9.17. The molecule has 0 saturated carbocycles. The molecule has 1 unspecified atom stereocenters. The van der Waals surface area contributed by atoms with Crippen molar-refractivity contribution in [3.05, 3.63) is 29.2 Å². The van der Waals surface area contributed by atoms with E-state index in [-0.39, 0.29) is 11.3 Å². The number of nitrogens with one attached hydrogen (secondary N) is 1. The molecule has 0 spiro atoms. The highest BCUT2D eigenvalue weighted by Crippen LogP contribution is 2.39. The number of hydrogen-bond acceptors (Lipinski definition) is 4. The van der Waals surface area contributed by atoms with Crippen molar-refractivity contribution in [2.24, 2.45) is 0 Å². The van der Waals surface area contributed by atoms with Crippen molar-refractivity contribution in [3.63, 3.8) is 0 Å². The minimum absolute atomic E-state index is 0.214. The number of aromatic nitrogens is 2. The normalized spacial score (nSPS) is 17.9. The van der Waals surface area contributed by atoms with E-state index >= 15 is 0 Å². The highest BCUT2D eigenvalue weighted by atomic mass is 16.5. The van der Waals surface area contributed by atoms with E-state index in [4.69, 9.17) is 9.63 Å². The van der Waals surface area contributed by atoms with Crippen molar-refractivity contribution in [2.75, 3.05) is 0 Å². The summed E-state index contributed by atoms with van der Waals surface area (Å²) >= 11 is 0. The maximum atomic E-state index is 10.9. The minimum Gasteiger partial charge on any atom is -0.476 e. The van der Waals surface area contributed by atoms with Crippen LogP contribution < -0.4 is 0 Å². The summed E-state index contributed by atoms with van der Waals surface area (Å²) in [5.41, 5.74) is 1.64. The fourth-order valence-electron chi connectivity index (χ4n) is 2.04. The van der Waals surface area contributed by atoms with Gasteiger partial charge in [-0.1, -0.05) is 5.16 Å². The lowest BCUT2D eigenvalue weighted by molar-refractivity contribution is 0.0678. The first-order chi connectivity index (χ1) is 7.68. The van der Waals surface area contributed by atoms with Gasteiger partial charge >= 0.3 is 5.97 Å². The van der Waals surface area contributed by atoms with E-state index in [1.54, 1.807) is 12.3 Å². The Bertz CT molecular complexity index is 569. The number of aliphatic hydroxyl groups excluding tert-OH is 1. The summed E-state index contributed by atoms with van der Waals surface area (Å²) in [5, 5.41) is 22.2. The quantitative estimate of drug-likeness (QED) is 0.664. The number of fused-ring (bicyclic) bond motifs is 3. The zero-order valence-corrected chi connectivity index (χ0v) is 8.10. The summed E-state index contributed by atoms with van der Waals surface area (Å²) in [7, 11) is 0. The average molecular weight is 220 g/mol. The minimum atomic E-state index is -1.19. The number of rotatable bonds is 1. The van der Waals surface area contributed by atoms with Crippen LogP contribution in [0.1, 0.15) is 27.8 Å². The van der Waals surface area contributed by atoms with Crippen LogP contribution in [0.3, 0.4) is 0 Å². The van der Waals surface area contributed by atoms with E-state index in [2.05, 4.69) is 10.1 Å². The van der Waals surface area contributed by atoms with E-state index in [0.717, 1.165) is 11.3 Å². The van der Waals surface area contributed by atoms with Crippen LogP contribution in [0.25, 0.3) is 11.3 Å². The van der Waals surface area contributed by atoms with E-state index in [1.165, 1.54) is 0 Å². The van der Waals surface area contributed by atoms with Gasteiger partial charge in [0.15, 0.2) is 11.5 Å². The van der Waals surface area contributed by atoms with Gasteiger partial charge in [-0.3, -0.25) is 0 Å². The molecule has 0 saturated heterocycles. The highest BCUT2D eigenvalue weighted by molar-refractivity contribution is 5.90. The molecule has 0 fully saturated rings. The van der Waals surface area contributed by atoms with E-state index in [0.29, 0.717) is 12.2 Å². The van der Waals surface area contributed by atoms with Crippen LogP contribution in [0.15, 0.2) is 16.8 Å². The maximum absolute atomic E-state index is 10.9. The number of aromatic carboxylic acids is 1. The molecular formula is C10H8N2O4. The van der Waals surface area contributed by atoms with E-state index in [9.17, 15) is 9.90 Å². The Labute approximate surface area is 89.5 Å². The maximum Gasteiger partial charge on any atom is 0.358 e. The lowest BCUT2D eigenvalue weighted by Gasteiger charge is -2.16. The molecule has 0 amide bonds. The van der Waals surface area contributed by atoms with Gasteiger partial charge in [0.05, 0.1) is 11.7 Å². The Morgan fingerprint density at radius 3 is 3.19 bits per heavy atom. The largest absolute Gasteiger partial charge is 0.476 e.